The molecule has 9 heteroatoms. The molecule has 0 spiro atoms. The zero-order valence-corrected chi connectivity index (χ0v) is 31.3. The maximum absolute atomic E-state index is 13.9. The molecule has 0 fully saturated rings. The van der Waals surface area contributed by atoms with Crippen LogP contribution in [0.1, 0.15) is 73.2 Å². The second-order valence-electron chi connectivity index (χ2n) is 14.5. The molecule has 7 aromatic rings. The molecule has 8 rings (SSSR count). The Morgan fingerprint density at radius 1 is 0.745 bits per heavy atom. The van der Waals surface area contributed by atoms with Gasteiger partial charge in [0.1, 0.15) is 11.6 Å². The molecule has 0 saturated carbocycles. The van der Waals surface area contributed by atoms with E-state index in [1.54, 1.807) is 0 Å². The van der Waals surface area contributed by atoms with Gasteiger partial charge in [-0.1, -0.05) is 161 Å². The van der Waals surface area contributed by atoms with Gasteiger partial charge in [-0.05, 0) is 68.6 Å². The van der Waals surface area contributed by atoms with Crippen LogP contribution in [-0.4, -0.2) is 35.7 Å². The summed E-state index contributed by atoms with van der Waals surface area (Å²) in [6, 6.07) is 47.1. The minimum atomic E-state index is -0.950. The van der Waals surface area contributed by atoms with Crippen molar-refractivity contribution in [1.82, 2.24) is 29.8 Å². The molecular weight excluding hydrogens is 683 g/mol. The summed E-state index contributed by atoms with van der Waals surface area (Å²) in [7, 11) is 0. The van der Waals surface area contributed by atoms with Gasteiger partial charge in [-0.2, -0.15) is 4.98 Å². The van der Waals surface area contributed by atoms with Gasteiger partial charge in [-0.15, -0.1) is 5.10 Å². The third-order valence-corrected chi connectivity index (χ3v) is 10.7. The van der Waals surface area contributed by atoms with Crippen LogP contribution < -0.4 is 10.9 Å². The number of tetrazole rings is 1. The van der Waals surface area contributed by atoms with E-state index in [-0.39, 0.29) is 17.4 Å². The van der Waals surface area contributed by atoms with E-state index in [1.165, 1.54) is 0 Å². The highest BCUT2D eigenvalue weighted by Gasteiger charge is 2.42. The lowest BCUT2D eigenvalue weighted by Crippen LogP contribution is -2.39. The Morgan fingerprint density at radius 2 is 1.33 bits per heavy atom. The summed E-state index contributed by atoms with van der Waals surface area (Å²) in [6.45, 7) is 6.19. The smallest absolute Gasteiger partial charge is 0.278 e. The molecule has 1 amide bonds. The van der Waals surface area contributed by atoms with Gasteiger partial charge in [-0.25, -0.2) is 4.68 Å². The van der Waals surface area contributed by atoms with Crippen LogP contribution in [0.15, 0.2) is 144 Å². The maximum Gasteiger partial charge on any atom is 0.278 e. The highest BCUT2D eigenvalue weighted by molar-refractivity contribution is 5.96. The van der Waals surface area contributed by atoms with Gasteiger partial charge in [0.05, 0.1) is 0 Å². The highest BCUT2D eigenvalue weighted by Crippen LogP contribution is 2.44. The molecular formula is C46H43N7O2. The first kappa shape index (κ1) is 35.5. The van der Waals surface area contributed by atoms with E-state index in [4.69, 9.17) is 10.3 Å². The van der Waals surface area contributed by atoms with Crippen molar-refractivity contribution < 1.29 is 4.79 Å². The Balaban J connectivity index is 1.37. The average molecular weight is 726 g/mol. The van der Waals surface area contributed by atoms with E-state index in [9.17, 15) is 9.59 Å². The number of hydrogen-bond donors (Lipinski definition) is 1. The number of anilines is 1. The predicted octanol–water partition coefficient (Wildman–Crippen LogP) is 8.49. The van der Waals surface area contributed by atoms with Crippen molar-refractivity contribution in [2.75, 3.05) is 5.32 Å². The molecule has 274 valence electrons. The molecule has 0 saturated heterocycles. The van der Waals surface area contributed by atoms with Crippen molar-refractivity contribution >= 4 is 11.9 Å². The normalized spacial score (nSPS) is 13.9. The van der Waals surface area contributed by atoms with Crippen molar-refractivity contribution in [2.24, 2.45) is 5.92 Å². The number of unbranched alkanes of at least 4 members (excludes halogenated alkanes) is 1. The number of carbonyl (C=O) groups is 1. The van der Waals surface area contributed by atoms with Crippen molar-refractivity contribution in [3.63, 3.8) is 0 Å². The van der Waals surface area contributed by atoms with Gasteiger partial charge in [-0.3, -0.25) is 14.9 Å². The molecule has 55 heavy (non-hydrogen) atoms. The van der Waals surface area contributed by atoms with Crippen molar-refractivity contribution in [2.45, 2.75) is 58.0 Å². The van der Waals surface area contributed by atoms with Crippen LogP contribution in [-0.2, 0) is 23.2 Å². The van der Waals surface area contributed by atoms with E-state index in [1.807, 2.05) is 95.9 Å². The van der Waals surface area contributed by atoms with Crippen LogP contribution in [0.3, 0.4) is 0 Å². The van der Waals surface area contributed by atoms with E-state index in [0.717, 1.165) is 57.5 Å². The van der Waals surface area contributed by atoms with Gasteiger partial charge in [0.15, 0.2) is 5.82 Å². The predicted molar refractivity (Wildman–Crippen MR) is 216 cm³/mol. The van der Waals surface area contributed by atoms with Gasteiger partial charge in [0, 0.05) is 23.2 Å². The molecule has 5 aromatic carbocycles. The number of carbonyl (C=O) groups excluding carboxylic acids is 1. The molecule has 2 aromatic heterocycles. The minimum absolute atomic E-state index is 0.0218. The number of amides is 1. The van der Waals surface area contributed by atoms with Crippen molar-refractivity contribution in [3.8, 4) is 22.5 Å². The summed E-state index contributed by atoms with van der Waals surface area (Å²) in [4.78, 5) is 31.5. The standard InChI is InChI=1S/C46H43N7O2/c1-4-5-26-40-39(43(54)47-45-48-44(55)41(31(2)3)52(40)45)30-32-27-28-37(33-18-10-6-11-19-33)38(29-32)42-49-50-51-53(42)46(34-20-12-7-13-21-34,35-22-14-8-15-23-35)36-24-16-9-17-25-36/h6-25,27-29,31,41H,4-5,26,30H2,1-3H3,(H,47,48,54,55). The Bertz CT molecular complexity index is 2400. The second-order valence-corrected chi connectivity index (χ2v) is 14.5. The zero-order chi connectivity index (χ0) is 37.9. The topological polar surface area (TPSA) is 108 Å². The molecule has 1 aliphatic rings. The SMILES string of the molecule is CCCCc1c(Cc2ccc(-c3ccccc3)c(-c3nnnn3C(c3ccccc3)(c3ccccc3)c3ccccc3)c2)c(=O)nc2n1C(C(C)C)C(=O)N2. The summed E-state index contributed by atoms with van der Waals surface area (Å²) in [6.07, 6.45) is 2.82. The summed E-state index contributed by atoms with van der Waals surface area (Å²) in [5.41, 5.74) is 6.88. The van der Waals surface area contributed by atoms with Crippen LogP contribution in [0.25, 0.3) is 22.5 Å². The molecule has 1 N–H and O–H groups in total. The Kier molecular flexibility index (Phi) is 9.76. The summed E-state index contributed by atoms with van der Waals surface area (Å²) in [5.74, 6) is 0.800. The van der Waals surface area contributed by atoms with Crippen LogP contribution in [0.5, 0.6) is 0 Å². The molecule has 0 radical (unpaired) electrons. The van der Waals surface area contributed by atoms with Gasteiger partial charge < -0.3 is 4.57 Å². The fourth-order valence-corrected chi connectivity index (χ4v) is 8.14. The lowest BCUT2D eigenvalue weighted by molar-refractivity contribution is -0.119. The quantitative estimate of drug-likeness (QED) is 0.127. The fourth-order valence-electron chi connectivity index (χ4n) is 8.14. The largest absolute Gasteiger partial charge is 0.302 e. The lowest BCUT2D eigenvalue weighted by Gasteiger charge is -2.36. The Morgan fingerprint density at radius 3 is 1.89 bits per heavy atom. The highest BCUT2D eigenvalue weighted by atomic mass is 16.2. The van der Waals surface area contributed by atoms with Gasteiger partial charge in [0.2, 0.25) is 11.9 Å². The fraction of sp³-hybridized carbons (Fsp3) is 0.217. The monoisotopic (exact) mass is 725 g/mol. The third-order valence-electron chi connectivity index (χ3n) is 10.7. The second kappa shape index (κ2) is 15.1. The first-order valence-corrected chi connectivity index (χ1v) is 19.0. The first-order chi connectivity index (χ1) is 26.9. The Hall–Kier alpha value is -6.48. The summed E-state index contributed by atoms with van der Waals surface area (Å²) < 4.78 is 3.93. The van der Waals surface area contributed by atoms with Crippen LogP contribution in [0.2, 0.25) is 0 Å². The molecule has 9 nitrogen and oxygen atoms in total. The maximum atomic E-state index is 13.9. The number of nitrogens with zero attached hydrogens (tertiary/aromatic N) is 6. The summed E-state index contributed by atoms with van der Waals surface area (Å²) in [5, 5.41) is 16.9. The van der Waals surface area contributed by atoms with E-state index in [0.29, 0.717) is 30.2 Å². The lowest BCUT2D eigenvalue weighted by atomic mass is 9.76. The molecule has 1 atom stereocenters. The van der Waals surface area contributed by atoms with Crippen molar-refractivity contribution in [3.05, 3.63) is 183 Å². The molecule has 3 heterocycles. The molecule has 1 unspecified atom stereocenters. The van der Waals surface area contributed by atoms with Gasteiger partial charge in [0.25, 0.3) is 5.56 Å². The number of rotatable bonds is 12. The third kappa shape index (κ3) is 6.35. The van der Waals surface area contributed by atoms with E-state index >= 15 is 0 Å². The Labute approximate surface area is 320 Å². The van der Waals surface area contributed by atoms with E-state index in [2.05, 4.69) is 89.2 Å². The number of aromatic nitrogens is 6. The zero-order valence-electron chi connectivity index (χ0n) is 31.3. The number of hydrogen-bond acceptors (Lipinski definition) is 6. The first-order valence-electron chi connectivity index (χ1n) is 19.0. The summed E-state index contributed by atoms with van der Waals surface area (Å²) >= 11 is 0. The molecule has 0 aliphatic carbocycles. The van der Waals surface area contributed by atoms with E-state index < -0.39 is 11.6 Å². The number of fused-ring (bicyclic) bond motifs is 1. The number of nitrogens with one attached hydrogen (secondary N) is 1. The average Bonchev–Trinajstić information content (AvgIpc) is 3.84. The minimum Gasteiger partial charge on any atom is -0.302 e. The number of benzene rings is 5. The van der Waals surface area contributed by atoms with Gasteiger partial charge >= 0.3 is 0 Å². The van der Waals surface area contributed by atoms with Crippen LogP contribution in [0, 0.1) is 5.92 Å². The van der Waals surface area contributed by atoms with Crippen LogP contribution >= 0.6 is 0 Å². The molecule has 0 bridgehead atoms. The molecule has 1 aliphatic heterocycles. The van der Waals surface area contributed by atoms with Crippen molar-refractivity contribution in [1.29, 1.82) is 0 Å². The van der Waals surface area contributed by atoms with Crippen LogP contribution in [0.4, 0.5) is 5.95 Å².